The number of likely N-dealkylation sites (tertiary alicyclic amines) is 2. The van der Waals surface area contributed by atoms with Crippen LogP contribution in [0.4, 0.5) is 5.69 Å². The molecule has 1 atom stereocenters. The van der Waals surface area contributed by atoms with E-state index in [4.69, 9.17) is 9.47 Å². The SMILES string of the molecule is COc1cc(/C=C/c2nccc(-c3cccc(NC(=O)c4ccc(CN5CC[C@@H](O)C5)cn4)c3C)c2C#N)cc(OC)c1CN1CCCCC1. The maximum atomic E-state index is 13.2. The number of nitrogens with zero attached hydrogens (tertiary/aromatic N) is 5. The Kier molecular flexibility index (Phi) is 11.2. The Morgan fingerprint density at radius 2 is 1.76 bits per heavy atom. The lowest BCUT2D eigenvalue weighted by molar-refractivity contribution is 0.102. The second kappa shape index (κ2) is 16.1. The topological polar surface area (TPSA) is 124 Å². The van der Waals surface area contributed by atoms with Crippen molar-refractivity contribution in [3.63, 3.8) is 0 Å². The van der Waals surface area contributed by atoms with Gasteiger partial charge in [-0.3, -0.25) is 24.6 Å². The molecule has 0 bridgehead atoms. The van der Waals surface area contributed by atoms with Crippen LogP contribution in [-0.2, 0) is 13.1 Å². The highest BCUT2D eigenvalue weighted by molar-refractivity contribution is 6.03. The van der Waals surface area contributed by atoms with Gasteiger partial charge in [-0.2, -0.15) is 5.26 Å². The fraction of sp³-hybridized carbons (Fsp3) is 0.350. The molecule has 0 radical (unpaired) electrons. The maximum absolute atomic E-state index is 13.2. The molecule has 2 fully saturated rings. The van der Waals surface area contributed by atoms with Gasteiger partial charge in [-0.05, 0) is 97.9 Å². The molecule has 4 aromatic rings. The third-order valence-electron chi connectivity index (χ3n) is 9.57. The number of piperidine rings is 1. The summed E-state index contributed by atoms with van der Waals surface area (Å²) in [7, 11) is 3.35. The zero-order valence-electron chi connectivity index (χ0n) is 29.0. The van der Waals surface area contributed by atoms with E-state index < -0.39 is 0 Å². The fourth-order valence-corrected chi connectivity index (χ4v) is 6.83. The smallest absolute Gasteiger partial charge is 0.274 e. The van der Waals surface area contributed by atoms with Crippen LogP contribution in [0.25, 0.3) is 23.3 Å². The van der Waals surface area contributed by atoms with E-state index >= 15 is 0 Å². The zero-order valence-corrected chi connectivity index (χ0v) is 29.0. The van der Waals surface area contributed by atoms with Crippen LogP contribution >= 0.6 is 0 Å². The van der Waals surface area contributed by atoms with Crippen molar-refractivity contribution in [3.05, 3.63) is 100 Å². The van der Waals surface area contributed by atoms with Crippen LogP contribution in [0.15, 0.2) is 60.9 Å². The van der Waals surface area contributed by atoms with Crippen LogP contribution in [-0.4, -0.2) is 77.3 Å². The first-order valence-corrected chi connectivity index (χ1v) is 17.2. The van der Waals surface area contributed by atoms with Gasteiger partial charge in [0.15, 0.2) is 0 Å². The lowest BCUT2D eigenvalue weighted by Gasteiger charge is -2.28. The molecule has 2 N–H and O–H groups in total. The van der Waals surface area contributed by atoms with E-state index in [1.54, 1.807) is 32.7 Å². The lowest BCUT2D eigenvalue weighted by Crippen LogP contribution is -2.29. The zero-order chi connectivity index (χ0) is 35.0. The third kappa shape index (κ3) is 8.03. The Hall–Kier alpha value is -5.08. The Labute approximate surface area is 294 Å². The molecule has 1 amide bonds. The van der Waals surface area contributed by atoms with E-state index in [0.29, 0.717) is 35.7 Å². The van der Waals surface area contributed by atoms with E-state index in [-0.39, 0.29) is 12.0 Å². The quantitative estimate of drug-likeness (QED) is 0.189. The Morgan fingerprint density at radius 3 is 2.42 bits per heavy atom. The van der Waals surface area contributed by atoms with Gasteiger partial charge in [0.2, 0.25) is 0 Å². The lowest BCUT2D eigenvalue weighted by atomic mass is 9.94. The summed E-state index contributed by atoms with van der Waals surface area (Å²) in [6.07, 6.45) is 11.3. The Morgan fingerprint density at radius 1 is 0.980 bits per heavy atom. The predicted molar refractivity (Wildman–Crippen MR) is 195 cm³/mol. The van der Waals surface area contributed by atoms with E-state index in [1.807, 2.05) is 61.5 Å². The standard InChI is InChI=1S/C40H44N6O4/c1-27-31(8-7-9-35(27)44-40(48)37-13-11-29(23-43-37)24-46-19-15-30(47)25-46)32-14-16-42-36(33(32)22-41)12-10-28-20-38(49-2)34(39(21-28)50-3)26-45-17-5-4-6-18-45/h7-14,16,20-21,23,30,47H,4-6,15,17-19,24-26H2,1-3H3,(H,44,48)/b12-10+/t30-/m1/s1. The maximum Gasteiger partial charge on any atom is 0.274 e. The molecule has 258 valence electrons. The van der Waals surface area contributed by atoms with E-state index in [9.17, 15) is 15.2 Å². The molecule has 0 unspecified atom stereocenters. The van der Waals surface area contributed by atoms with Crippen LogP contribution in [0, 0.1) is 18.3 Å². The fourth-order valence-electron chi connectivity index (χ4n) is 6.83. The highest BCUT2D eigenvalue weighted by atomic mass is 16.5. The van der Waals surface area contributed by atoms with Gasteiger partial charge >= 0.3 is 0 Å². The molecular weight excluding hydrogens is 628 g/mol. The number of amides is 1. The average molecular weight is 673 g/mol. The molecule has 4 heterocycles. The molecule has 50 heavy (non-hydrogen) atoms. The van der Waals surface area contributed by atoms with Crippen LogP contribution in [0.3, 0.4) is 0 Å². The van der Waals surface area contributed by atoms with E-state index in [2.05, 4.69) is 31.2 Å². The summed E-state index contributed by atoms with van der Waals surface area (Å²) in [4.78, 5) is 26.8. The number of β-amino-alcohol motifs (C(OH)–C–C–N with tert-alkyl or cyclic N) is 1. The molecular formula is C40H44N6O4. The van der Waals surface area contributed by atoms with Gasteiger partial charge in [0, 0.05) is 49.8 Å². The van der Waals surface area contributed by atoms with Crippen molar-refractivity contribution in [3.8, 4) is 28.7 Å². The highest BCUT2D eigenvalue weighted by Crippen LogP contribution is 2.35. The summed E-state index contributed by atoms with van der Waals surface area (Å²) < 4.78 is 11.6. The van der Waals surface area contributed by atoms with Crippen LogP contribution in [0.1, 0.15) is 69.7 Å². The molecule has 10 nitrogen and oxygen atoms in total. The first-order chi connectivity index (χ1) is 24.4. The Bertz CT molecular complexity index is 1870. The van der Waals surface area contributed by atoms with Crippen molar-refractivity contribution >= 4 is 23.7 Å². The van der Waals surface area contributed by atoms with Gasteiger partial charge in [0.25, 0.3) is 5.91 Å². The molecule has 0 spiro atoms. The first-order valence-electron chi connectivity index (χ1n) is 17.2. The molecule has 2 aromatic carbocycles. The molecule has 2 saturated heterocycles. The van der Waals surface area contributed by atoms with Crippen LogP contribution < -0.4 is 14.8 Å². The van der Waals surface area contributed by atoms with Crippen LogP contribution in [0.2, 0.25) is 0 Å². The molecule has 10 heteroatoms. The van der Waals surface area contributed by atoms with Crippen LogP contribution in [0.5, 0.6) is 11.5 Å². The molecule has 6 rings (SSSR count). The van der Waals surface area contributed by atoms with E-state index in [1.165, 1.54) is 19.3 Å². The summed E-state index contributed by atoms with van der Waals surface area (Å²) in [5.41, 5.74) is 7.14. The summed E-state index contributed by atoms with van der Waals surface area (Å²) in [6, 6.07) is 17.4. The van der Waals surface area contributed by atoms with Gasteiger partial charge in [0.1, 0.15) is 23.3 Å². The summed E-state index contributed by atoms with van der Waals surface area (Å²) in [5, 5.41) is 23.1. The van der Waals surface area contributed by atoms with Crippen molar-refractivity contribution in [2.45, 2.75) is 51.8 Å². The number of hydrogen-bond acceptors (Lipinski definition) is 9. The van der Waals surface area contributed by atoms with Crippen molar-refractivity contribution < 1.29 is 19.4 Å². The second-order valence-corrected chi connectivity index (χ2v) is 13.0. The number of aliphatic hydroxyl groups excluding tert-OH is 1. The predicted octanol–water partition coefficient (Wildman–Crippen LogP) is 6.32. The number of aromatic nitrogens is 2. The molecule has 2 aliphatic rings. The number of hydrogen-bond donors (Lipinski definition) is 2. The number of benzene rings is 2. The number of carbonyl (C=O) groups is 1. The van der Waals surface area contributed by atoms with Crippen molar-refractivity contribution in [2.75, 3.05) is 45.7 Å². The summed E-state index contributed by atoms with van der Waals surface area (Å²) >= 11 is 0. The van der Waals surface area contributed by atoms with Gasteiger partial charge in [-0.1, -0.05) is 30.7 Å². The normalized spacial score (nSPS) is 16.7. The Balaban J connectivity index is 1.20. The van der Waals surface area contributed by atoms with Gasteiger partial charge in [-0.15, -0.1) is 0 Å². The number of anilines is 1. The number of pyridine rings is 2. The minimum Gasteiger partial charge on any atom is -0.496 e. The number of nitriles is 1. The van der Waals surface area contributed by atoms with Gasteiger partial charge in [0.05, 0.1) is 37.1 Å². The number of aliphatic hydroxyl groups is 1. The number of nitrogens with one attached hydrogen (secondary N) is 1. The van der Waals surface area contributed by atoms with Gasteiger partial charge in [-0.25, -0.2) is 0 Å². The molecule has 0 saturated carbocycles. The van der Waals surface area contributed by atoms with Crippen molar-refractivity contribution in [1.29, 1.82) is 5.26 Å². The van der Waals surface area contributed by atoms with Crippen molar-refractivity contribution in [2.24, 2.45) is 0 Å². The number of carbonyl (C=O) groups excluding carboxylic acids is 1. The van der Waals surface area contributed by atoms with Crippen molar-refractivity contribution in [1.82, 2.24) is 19.8 Å². The first kappa shape index (κ1) is 34.8. The summed E-state index contributed by atoms with van der Waals surface area (Å²) in [5.74, 6) is 1.21. The molecule has 2 aliphatic heterocycles. The molecule has 0 aliphatic carbocycles. The number of rotatable bonds is 11. The summed E-state index contributed by atoms with van der Waals surface area (Å²) in [6.45, 7) is 7.01. The minimum atomic E-state index is -0.319. The molecule has 2 aromatic heterocycles. The monoisotopic (exact) mass is 672 g/mol. The highest BCUT2D eigenvalue weighted by Gasteiger charge is 2.21. The van der Waals surface area contributed by atoms with E-state index in [0.717, 1.165) is 77.5 Å². The third-order valence-corrected chi connectivity index (χ3v) is 9.57. The largest absolute Gasteiger partial charge is 0.496 e. The second-order valence-electron chi connectivity index (χ2n) is 13.0. The minimum absolute atomic E-state index is 0.280. The average Bonchev–Trinajstić information content (AvgIpc) is 3.56. The number of ether oxygens (including phenoxy) is 2. The van der Waals surface area contributed by atoms with Gasteiger partial charge < -0.3 is 19.9 Å². The number of methoxy groups -OCH3 is 2.